The highest BCUT2D eigenvalue weighted by Gasteiger charge is 2.19. The van der Waals surface area contributed by atoms with Gasteiger partial charge in [-0.25, -0.2) is 4.98 Å². The maximum absolute atomic E-state index is 12.8. The van der Waals surface area contributed by atoms with Gasteiger partial charge in [-0.05, 0) is 56.0 Å². The van der Waals surface area contributed by atoms with E-state index in [-0.39, 0.29) is 11.5 Å². The first kappa shape index (κ1) is 16.9. The molecule has 1 aliphatic rings. The topological polar surface area (TPSA) is 79.8 Å². The van der Waals surface area contributed by atoms with E-state index >= 15 is 0 Å². The number of fused-ring (bicyclic) bond motifs is 3. The Morgan fingerprint density at radius 1 is 1.21 bits per heavy atom. The first-order chi connectivity index (χ1) is 13.6. The van der Waals surface area contributed by atoms with Gasteiger partial charge in [0.05, 0.1) is 11.2 Å². The predicted octanol–water partition coefficient (Wildman–Crippen LogP) is 3.82. The second-order valence-corrected chi connectivity index (χ2v) is 7.96. The van der Waals surface area contributed by atoms with Crippen LogP contribution in [0.25, 0.3) is 16.0 Å². The van der Waals surface area contributed by atoms with Gasteiger partial charge in [0.1, 0.15) is 4.88 Å². The second kappa shape index (κ2) is 6.45. The summed E-state index contributed by atoms with van der Waals surface area (Å²) >= 11 is 1.35. The van der Waals surface area contributed by atoms with Crippen molar-refractivity contribution in [3.8, 4) is 5.13 Å². The standard InChI is InChI=1S/C21H18N4O2S/c1-12-18(28-21(22-12)25-9-2-3-10-25)20(27)23-13-7-8-15-14-5-4-6-16(14)19(26)24-17(15)11-13/h2-3,7-11H,4-6H2,1H3,(H,23,27)(H,24,26). The largest absolute Gasteiger partial charge is 0.322 e. The van der Waals surface area contributed by atoms with Crippen molar-refractivity contribution in [2.24, 2.45) is 0 Å². The SMILES string of the molecule is Cc1nc(-n2cccc2)sc1C(=O)Nc1ccc2c3c(c(=O)[nH]c2c1)CCC3. The number of carbonyl (C=O) groups is 1. The van der Waals surface area contributed by atoms with Crippen LogP contribution in [-0.2, 0) is 12.8 Å². The van der Waals surface area contributed by atoms with Crippen LogP contribution >= 0.6 is 11.3 Å². The van der Waals surface area contributed by atoms with Crippen LogP contribution in [0.1, 0.15) is 32.9 Å². The predicted molar refractivity (Wildman–Crippen MR) is 111 cm³/mol. The van der Waals surface area contributed by atoms with Crippen molar-refractivity contribution in [2.45, 2.75) is 26.2 Å². The molecule has 0 radical (unpaired) electrons. The quantitative estimate of drug-likeness (QED) is 0.558. The van der Waals surface area contributed by atoms with Crippen LogP contribution in [0.4, 0.5) is 5.69 Å². The third-order valence-electron chi connectivity index (χ3n) is 5.16. The van der Waals surface area contributed by atoms with Gasteiger partial charge in [0.2, 0.25) is 0 Å². The summed E-state index contributed by atoms with van der Waals surface area (Å²) in [6.07, 6.45) is 6.59. The summed E-state index contributed by atoms with van der Waals surface area (Å²) in [6.45, 7) is 1.83. The van der Waals surface area contributed by atoms with Crippen molar-refractivity contribution in [3.05, 3.63) is 74.8 Å². The molecule has 3 heterocycles. The molecule has 2 N–H and O–H groups in total. The van der Waals surface area contributed by atoms with Gasteiger partial charge >= 0.3 is 0 Å². The summed E-state index contributed by atoms with van der Waals surface area (Å²) < 4.78 is 1.88. The highest BCUT2D eigenvalue weighted by Crippen LogP contribution is 2.28. The lowest BCUT2D eigenvalue weighted by atomic mass is 10.1. The number of thiazole rings is 1. The van der Waals surface area contributed by atoms with E-state index in [1.54, 1.807) is 0 Å². The van der Waals surface area contributed by atoms with E-state index in [0.717, 1.165) is 46.4 Å². The number of aromatic amines is 1. The van der Waals surface area contributed by atoms with Gasteiger partial charge in [-0.1, -0.05) is 17.4 Å². The summed E-state index contributed by atoms with van der Waals surface area (Å²) in [6, 6.07) is 9.54. The van der Waals surface area contributed by atoms with Crippen LogP contribution in [0.5, 0.6) is 0 Å². The molecule has 0 atom stereocenters. The van der Waals surface area contributed by atoms with Crippen LogP contribution in [-0.4, -0.2) is 20.4 Å². The van der Waals surface area contributed by atoms with Gasteiger partial charge in [0.25, 0.3) is 11.5 Å². The molecule has 1 amide bonds. The van der Waals surface area contributed by atoms with Gasteiger partial charge in [0, 0.05) is 29.0 Å². The number of anilines is 1. The number of rotatable bonds is 3. The molecule has 1 aromatic carbocycles. The smallest absolute Gasteiger partial charge is 0.267 e. The molecule has 1 aliphatic carbocycles. The number of hydrogen-bond donors (Lipinski definition) is 2. The van der Waals surface area contributed by atoms with Crippen molar-refractivity contribution in [2.75, 3.05) is 5.32 Å². The average molecular weight is 390 g/mol. The first-order valence-corrected chi connectivity index (χ1v) is 10.0. The van der Waals surface area contributed by atoms with Crippen LogP contribution in [0.2, 0.25) is 0 Å². The monoisotopic (exact) mass is 390 g/mol. The number of aryl methyl sites for hydroxylation is 2. The highest BCUT2D eigenvalue weighted by molar-refractivity contribution is 7.16. The van der Waals surface area contributed by atoms with Crippen LogP contribution in [0.15, 0.2) is 47.5 Å². The summed E-state index contributed by atoms with van der Waals surface area (Å²) in [4.78, 5) is 33.1. The number of hydrogen-bond acceptors (Lipinski definition) is 4. The molecule has 0 saturated heterocycles. The third kappa shape index (κ3) is 2.75. The zero-order chi connectivity index (χ0) is 19.3. The van der Waals surface area contributed by atoms with Crippen LogP contribution < -0.4 is 10.9 Å². The number of benzene rings is 1. The Morgan fingerprint density at radius 2 is 2.00 bits per heavy atom. The minimum absolute atomic E-state index is 0.0156. The number of H-pyrrole nitrogens is 1. The minimum atomic E-state index is -0.198. The van der Waals surface area contributed by atoms with Gasteiger partial charge in [-0.2, -0.15) is 0 Å². The molecule has 0 bridgehead atoms. The summed E-state index contributed by atoms with van der Waals surface area (Å²) in [7, 11) is 0. The molecule has 28 heavy (non-hydrogen) atoms. The van der Waals surface area contributed by atoms with Crippen molar-refractivity contribution in [1.29, 1.82) is 0 Å². The Hall–Kier alpha value is -3.19. The molecule has 4 aromatic rings. The zero-order valence-corrected chi connectivity index (χ0v) is 16.1. The molecule has 0 saturated carbocycles. The number of nitrogens with one attached hydrogen (secondary N) is 2. The lowest BCUT2D eigenvalue weighted by molar-refractivity contribution is 0.103. The molecule has 0 spiro atoms. The van der Waals surface area contributed by atoms with Crippen molar-refractivity contribution in [1.82, 2.24) is 14.5 Å². The van der Waals surface area contributed by atoms with E-state index in [1.165, 1.54) is 11.3 Å². The summed E-state index contributed by atoms with van der Waals surface area (Å²) in [5.74, 6) is -0.198. The lowest BCUT2D eigenvalue weighted by Crippen LogP contribution is -2.14. The Balaban J connectivity index is 1.46. The maximum atomic E-state index is 12.8. The minimum Gasteiger partial charge on any atom is -0.322 e. The zero-order valence-electron chi connectivity index (χ0n) is 15.3. The molecular weight excluding hydrogens is 372 g/mol. The van der Waals surface area contributed by atoms with E-state index in [0.29, 0.717) is 16.3 Å². The third-order valence-corrected chi connectivity index (χ3v) is 6.33. The molecule has 7 heteroatoms. The van der Waals surface area contributed by atoms with Crippen LogP contribution in [0, 0.1) is 6.92 Å². The Kier molecular flexibility index (Phi) is 3.91. The van der Waals surface area contributed by atoms with Gasteiger partial charge in [0.15, 0.2) is 5.13 Å². The fourth-order valence-corrected chi connectivity index (χ4v) is 4.76. The van der Waals surface area contributed by atoms with E-state index in [9.17, 15) is 9.59 Å². The molecule has 5 rings (SSSR count). The number of nitrogens with zero attached hydrogens (tertiary/aromatic N) is 2. The van der Waals surface area contributed by atoms with E-state index in [2.05, 4.69) is 15.3 Å². The van der Waals surface area contributed by atoms with Crippen molar-refractivity contribution < 1.29 is 4.79 Å². The normalized spacial score (nSPS) is 13.0. The molecule has 3 aromatic heterocycles. The lowest BCUT2D eigenvalue weighted by Gasteiger charge is -2.08. The number of pyridine rings is 1. The van der Waals surface area contributed by atoms with Crippen LogP contribution in [0.3, 0.4) is 0 Å². The van der Waals surface area contributed by atoms with Crippen molar-refractivity contribution >= 4 is 33.8 Å². The van der Waals surface area contributed by atoms with Gasteiger partial charge in [-0.3, -0.25) is 9.59 Å². The Bertz CT molecular complexity index is 1270. The molecule has 6 nitrogen and oxygen atoms in total. The summed E-state index contributed by atoms with van der Waals surface area (Å²) in [5.41, 5.74) is 4.14. The molecular formula is C21H18N4O2S. The fraction of sp³-hybridized carbons (Fsp3) is 0.190. The Labute approximate surface area is 164 Å². The molecule has 140 valence electrons. The van der Waals surface area contributed by atoms with Gasteiger partial charge < -0.3 is 14.9 Å². The average Bonchev–Trinajstić information content (AvgIpc) is 3.42. The van der Waals surface area contributed by atoms with E-state index in [1.807, 2.05) is 54.2 Å². The molecule has 0 aliphatic heterocycles. The second-order valence-electron chi connectivity index (χ2n) is 6.98. The van der Waals surface area contributed by atoms with Crippen molar-refractivity contribution in [3.63, 3.8) is 0 Å². The first-order valence-electron chi connectivity index (χ1n) is 9.20. The van der Waals surface area contributed by atoms with Gasteiger partial charge in [-0.15, -0.1) is 0 Å². The maximum Gasteiger partial charge on any atom is 0.267 e. The van der Waals surface area contributed by atoms with E-state index in [4.69, 9.17) is 0 Å². The Morgan fingerprint density at radius 3 is 2.82 bits per heavy atom. The number of amides is 1. The fourth-order valence-electron chi connectivity index (χ4n) is 3.83. The number of aromatic nitrogens is 3. The van der Waals surface area contributed by atoms with E-state index < -0.39 is 0 Å². The molecule has 0 unspecified atom stereocenters. The molecule has 0 fully saturated rings. The highest BCUT2D eigenvalue weighted by atomic mass is 32.1. The summed E-state index contributed by atoms with van der Waals surface area (Å²) in [5, 5.41) is 4.76. The number of carbonyl (C=O) groups excluding carboxylic acids is 1.